The molecule has 1 fully saturated rings. The number of rotatable bonds is 8. The molecule has 0 radical (unpaired) electrons. The van der Waals surface area contributed by atoms with E-state index in [-0.39, 0.29) is 11.8 Å². The summed E-state index contributed by atoms with van der Waals surface area (Å²) < 4.78 is 1.02. The summed E-state index contributed by atoms with van der Waals surface area (Å²) >= 11 is 3.44. The molecule has 0 aliphatic carbocycles. The second kappa shape index (κ2) is 10.6. The summed E-state index contributed by atoms with van der Waals surface area (Å²) in [6.45, 7) is 6.28. The smallest absolute Gasteiger partial charge is 0.254 e. The van der Waals surface area contributed by atoms with Crippen molar-refractivity contribution < 1.29 is 9.59 Å². The van der Waals surface area contributed by atoms with Gasteiger partial charge in [0.2, 0.25) is 0 Å². The maximum absolute atomic E-state index is 12.9. The third-order valence-corrected chi connectivity index (χ3v) is 7.19. The second-order valence-corrected chi connectivity index (χ2v) is 9.78. The van der Waals surface area contributed by atoms with Crippen LogP contribution < -0.4 is 5.32 Å². The third-order valence-electron chi connectivity index (χ3n) is 6.67. The van der Waals surface area contributed by atoms with E-state index >= 15 is 0 Å². The second-order valence-electron chi connectivity index (χ2n) is 8.86. The molecule has 2 aliphatic rings. The number of amides is 2. The van der Waals surface area contributed by atoms with Crippen LogP contribution in [-0.2, 0) is 13.1 Å². The van der Waals surface area contributed by atoms with Gasteiger partial charge < -0.3 is 15.1 Å². The van der Waals surface area contributed by atoms with E-state index in [0.717, 1.165) is 28.6 Å². The van der Waals surface area contributed by atoms with E-state index in [4.69, 9.17) is 0 Å². The summed E-state index contributed by atoms with van der Waals surface area (Å²) in [6.07, 6.45) is 6.07. The summed E-state index contributed by atoms with van der Waals surface area (Å²) in [5.74, 6) is -0.106. The Balaban J connectivity index is 1.29. The van der Waals surface area contributed by atoms with Gasteiger partial charge >= 0.3 is 0 Å². The van der Waals surface area contributed by atoms with E-state index in [1.54, 1.807) is 6.07 Å². The van der Waals surface area contributed by atoms with Gasteiger partial charge in [0.05, 0.1) is 0 Å². The van der Waals surface area contributed by atoms with Crippen LogP contribution in [0.2, 0.25) is 0 Å². The number of nitrogens with one attached hydrogen (secondary N) is 1. The first-order chi connectivity index (χ1) is 15.5. The minimum atomic E-state index is -0.0994. The molecule has 2 aliphatic heterocycles. The van der Waals surface area contributed by atoms with E-state index in [0.29, 0.717) is 36.8 Å². The molecule has 1 unspecified atom stereocenters. The monoisotopic (exact) mass is 497 g/mol. The molecule has 1 N–H and O–H groups in total. The highest BCUT2D eigenvalue weighted by atomic mass is 79.9. The van der Waals surface area contributed by atoms with Gasteiger partial charge in [0.25, 0.3) is 11.8 Å². The molecule has 2 aromatic carbocycles. The van der Waals surface area contributed by atoms with E-state index in [2.05, 4.69) is 33.1 Å². The van der Waals surface area contributed by atoms with Crippen LogP contribution in [0.5, 0.6) is 0 Å². The quantitative estimate of drug-likeness (QED) is 0.522. The molecule has 2 aromatic rings. The fraction of sp³-hybridized carbons (Fsp3) is 0.462. The van der Waals surface area contributed by atoms with Crippen LogP contribution in [0.15, 0.2) is 46.9 Å². The Hall–Kier alpha value is -2.18. The third kappa shape index (κ3) is 5.41. The number of likely N-dealkylation sites (tertiary alicyclic amines) is 1. The number of piperidine rings is 1. The highest BCUT2D eigenvalue weighted by Crippen LogP contribution is 2.26. The lowest BCUT2D eigenvalue weighted by molar-refractivity contribution is 0.0766. The first-order valence-corrected chi connectivity index (χ1v) is 12.5. The lowest BCUT2D eigenvalue weighted by atomic mass is 10.00. The molecule has 2 amide bonds. The van der Waals surface area contributed by atoms with Gasteiger partial charge in [0, 0.05) is 47.8 Å². The Morgan fingerprint density at radius 1 is 1.16 bits per heavy atom. The SMILES string of the molecule is CCC1CCCCN1CCCNC(=O)c1ccc2c(c1)C(=O)N(Cc1ccc(Br)cc1)C2. The van der Waals surface area contributed by atoms with Crippen LogP contribution in [0.1, 0.15) is 70.9 Å². The topological polar surface area (TPSA) is 52.7 Å². The first kappa shape index (κ1) is 23.0. The molecule has 4 rings (SSSR count). The van der Waals surface area contributed by atoms with Gasteiger partial charge in [-0.05, 0) is 67.6 Å². The van der Waals surface area contributed by atoms with Crippen molar-refractivity contribution in [2.75, 3.05) is 19.6 Å². The zero-order chi connectivity index (χ0) is 22.5. The molecule has 5 nitrogen and oxygen atoms in total. The lowest BCUT2D eigenvalue weighted by Gasteiger charge is -2.35. The zero-order valence-corrected chi connectivity index (χ0v) is 20.4. The van der Waals surface area contributed by atoms with Gasteiger partial charge in [-0.25, -0.2) is 0 Å². The molecule has 1 atom stereocenters. The van der Waals surface area contributed by atoms with Crippen LogP contribution >= 0.6 is 15.9 Å². The predicted molar refractivity (Wildman–Crippen MR) is 131 cm³/mol. The van der Waals surface area contributed by atoms with Gasteiger partial charge in [-0.1, -0.05) is 47.5 Å². The Morgan fingerprint density at radius 3 is 2.75 bits per heavy atom. The Morgan fingerprint density at radius 2 is 1.97 bits per heavy atom. The Kier molecular flexibility index (Phi) is 7.63. The molecule has 0 aromatic heterocycles. The highest BCUT2D eigenvalue weighted by Gasteiger charge is 2.28. The standard InChI is InChI=1S/C26H32BrN3O2/c1-2-23-6-3-4-14-29(23)15-5-13-28-25(31)20-9-10-21-18-30(26(32)24(21)16-20)17-19-7-11-22(27)12-8-19/h7-12,16,23H,2-6,13-15,17-18H2,1H3,(H,28,31). The van der Waals surface area contributed by atoms with Crippen molar-refractivity contribution in [2.45, 2.75) is 58.2 Å². The van der Waals surface area contributed by atoms with Crippen molar-refractivity contribution in [3.05, 3.63) is 69.2 Å². The number of carbonyl (C=O) groups is 2. The highest BCUT2D eigenvalue weighted by molar-refractivity contribution is 9.10. The fourth-order valence-corrected chi connectivity index (χ4v) is 5.11. The largest absolute Gasteiger partial charge is 0.352 e. The summed E-state index contributed by atoms with van der Waals surface area (Å²) in [7, 11) is 0. The molecule has 32 heavy (non-hydrogen) atoms. The molecule has 6 heteroatoms. The van der Waals surface area contributed by atoms with E-state index < -0.39 is 0 Å². The van der Waals surface area contributed by atoms with Crippen molar-refractivity contribution in [3.63, 3.8) is 0 Å². The molecular formula is C26H32BrN3O2. The average molecular weight is 498 g/mol. The first-order valence-electron chi connectivity index (χ1n) is 11.7. The molecule has 1 saturated heterocycles. The molecule has 0 spiro atoms. The summed E-state index contributed by atoms with van der Waals surface area (Å²) in [5.41, 5.74) is 3.28. The van der Waals surface area contributed by atoms with Crippen molar-refractivity contribution in [1.82, 2.24) is 15.1 Å². The van der Waals surface area contributed by atoms with Crippen molar-refractivity contribution in [2.24, 2.45) is 0 Å². The van der Waals surface area contributed by atoms with Gasteiger partial charge in [0.15, 0.2) is 0 Å². The van der Waals surface area contributed by atoms with E-state index in [9.17, 15) is 9.59 Å². The van der Waals surface area contributed by atoms with Crippen LogP contribution in [0, 0.1) is 0 Å². The van der Waals surface area contributed by atoms with Gasteiger partial charge in [-0.3, -0.25) is 9.59 Å². The maximum Gasteiger partial charge on any atom is 0.254 e. The zero-order valence-electron chi connectivity index (χ0n) is 18.8. The van der Waals surface area contributed by atoms with Crippen molar-refractivity contribution >= 4 is 27.7 Å². The average Bonchev–Trinajstić information content (AvgIpc) is 3.12. The number of halogens is 1. The van der Waals surface area contributed by atoms with Crippen LogP contribution in [0.3, 0.4) is 0 Å². The molecular weight excluding hydrogens is 466 g/mol. The van der Waals surface area contributed by atoms with Gasteiger partial charge in [-0.2, -0.15) is 0 Å². The molecule has 0 bridgehead atoms. The maximum atomic E-state index is 12.9. The predicted octanol–water partition coefficient (Wildman–Crippen LogP) is 4.99. The Bertz CT molecular complexity index is 960. The van der Waals surface area contributed by atoms with Crippen LogP contribution in [-0.4, -0.2) is 47.3 Å². The normalized spacial score (nSPS) is 18.6. The minimum Gasteiger partial charge on any atom is -0.352 e. The van der Waals surface area contributed by atoms with Gasteiger partial charge in [-0.15, -0.1) is 0 Å². The van der Waals surface area contributed by atoms with Gasteiger partial charge in [0.1, 0.15) is 0 Å². The van der Waals surface area contributed by atoms with Crippen molar-refractivity contribution in [3.8, 4) is 0 Å². The summed E-state index contributed by atoms with van der Waals surface area (Å²) in [5, 5.41) is 3.04. The van der Waals surface area contributed by atoms with Crippen LogP contribution in [0.4, 0.5) is 0 Å². The lowest BCUT2D eigenvalue weighted by Crippen LogP contribution is -2.40. The number of nitrogens with zero attached hydrogens (tertiary/aromatic N) is 2. The number of carbonyl (C=O) groups excluding carboxylic acids is 2. The fourth-order valence-electron chi connectivity index (χ4n) is 4.84. The van der Waals surface area contributed by atoms with E-state index in [1.165, 1.54) is 32.2 Å². The van der Waals surface area contributed by atoms with Crippen molar-refractivity contribution in [1.29, 1.82) is 0 Å². The molecule has 2 heterocycles. The Labute approximate surface area is 199 Å². The number of fused-ring (bicyclic) bond motifs is 1. The molecule has 170 valence electrons. The van der Waals surface area contributed by atoms with E-state index in [1.807, 2.05) is 41.3 Å². The number of hydrogen-bond donors (Lipinski definition) is 1. The number of benzene rings is 2. The summed E-state index contributed by atoms with van der Waals surface area (Å²) in [6, 6.07) is 14.2. The molecule has 0 saturated carbocycles. The van der Waals surface area contributed by atoms with Crippen LogP contribution in [0.25, 0.3) is 0 Å². The number of hydrogen-bond acceptors (Lipinski definition) is 3. The minimum absolute atomic E-state index is 0.00623. The summed E-state index contributed by atoms with van der Waals surface area (Å²) in [4.78, 5) is 30.0.